The highest BCUT2D eigenvalue weighted by molar-refractivity contribution is 5.72. The Hall–Kier alpha value is -1.85. The Morgan fingerprint density at radius 2 is 2.37 bits per heavy atom. The smallest absolute Gasteiger partial charge is 0.308 e. The van der Waals surface area contributed by atoms with Gasteiger partial charge in [-0.2, -0.15) is 4.98 Å². The molecule has 0 saturated carbocycles. The summed E-state index contributed by atoms with van der Waals surface area (Å²) in [6.45, 7) is 5.22. The Morgan fingerprint density at radius 1 is 1.58 bits per heavy atom. The molecule has 0 aliphatic carbocycles. The molecule has 6 nitrogen and oxygen atoms in total. The molecule has 1 aliphatic rings. The van der Waals surface area contributed by atoms with Crippen LogP contribution in [0.5, 0.6) is 5.88 Å². The predicted molar refractivity (Wildman–Crippen MR) is 70.4 cm³/mol. The lowest BCUT2D eigenvalue weighted by Gasteiger charge is -2.24. The van der Waals surface area contributed by atoms with Crippen LogP contribution in [-0.4, -0.2) is 40.2 Å². The highest BCUT2D eigenvalue weighted by atomic mass is 16.5. The van der Waals surface area contributed by atoms with Crippen molar-refractivity contribution in [3.63, 3.8) is 0 Å². The van der Waals surface area contributed by atoms with E-state index in [0.29, 0.717) is 31.3 Å². The number of hydrogen-bond donors (Lipinski definition) is 1. The number of carboxylic acids is 1. The average molecular weight is 265 g/mol. The second-order valence-electron chi connectivity index (χ2n) is 4.73. The van der Waals surface area contributed by atoms with Crippen LogP contribution in [0.25, 0.3) is 0 Å². The summed E-state index contributed by atoms with van der Waals surface area (Å²) >= 11 is 0. The van der Waals surface area contributed by atoms with E-state index in [0.717, 1.165) is 6.42 Å². The molecule has 1 N–H and O–H groups in total. The van der Waals surface area contributed by atoms with Gasteiger partial charge in [-0.05, 0) is 19.8 Å². The van der Waals surface area contributed by atoms with Gasteiger partial charge in [0.1, 0.15) is 0 Å². The van der Waals surface area contributed by atoms with Crippen LogP contribution in [0.4, 0.5) is 5.82 Å². The van der Waals surface area contributed by atoms with Crippen molar-refractivity contribution in [1.82, 2.24) is 9.97 Å². The number of aliphatic carboxylic acids is 1. The van der Waals surface area contributed by atoms with Gasteiger partial charge in [-0.15, -0.1) is 0 Å². The van der Waals surface area contributed by atoms with Crippen LogP contribution in [0.3, 0.4) is 0 Å². The lowest BCUT2D eigenvalue weighted by molar-refractivity contribution is -0.141. The third-order valence-electron chi connectivity index (χ3n) is 3.42. The molecule has 1 aromatic rings. The molecule has 2 unspecified atom stereocenters. The van der Waals surface area contributed by atoms with Gasteiger partial charge in [0.15, 0.2) is 5.82 Å². The topological polar surface area (TPSA) is 75.5 Å². The van der Waals surface area contributed by atoms with Crippen molar-refractivity contribution in [1.29, 1.82) is 0 Å². The Morgan fingerprint density at radius 3 is 3.00 bits per heavy atom. The molecule has 0 radical (unpaired) electrons. The molecule has 1 fully saturated rings. The van der Waals surface area contributed by atoms with E-state index in [1.165, 1.54) is 0 Å². The van der Waals surface area contributed by atoms with Gasteiger partial charge in [-0.25, -0.2) is 0 Å². The Balaban J connectivity index is 2.12. The number of aromatic nitrogens is 2. The Bertz CT molecular complexity index is 453. The monoisotopic (exact) mass is 265 g/mol. The van der Waals surface area contributed by atoms with Crippen LogP contribution >= 0.6 is 0 Å². The normalized spacial score (nSPS) is 22.5. The molecule has 1 saturated heterocycles. The predicted octanol–water partition coefficient (Wildman–Crippen LogP) is 1.56. The first kappa shape index (κ1) is 13.6. The van der Waals surface area contributed by atoms with E-state index in [9.17, 15) is 4.79 Å². The molecule has 2 atom stereocenters. The summed E-state index contributed by atoms with van der Waals surface area (Å²) in [6, 6.07) is -0.0757. The van der Waals surface area contributed by atoms with E-state index in [-0.39, 0.29) is 12.0 Å². The van der Waals surface area contributed by atoms with Crippen LogP contribution in [0, 0.1) is 5.92 Å². The molecule has 0 bridgehead atoms. The minimum Gasteiger partial charge on any atom is -0.481 e. The lowest BCUT2D eigenvalue weighted by Crippen LogP contribution is -2.33. The minimum absolute atomic E-state index is 0.0757. The van der Waals surface area contributed by atoms with Crippen molar-refractivity contribution in [2.45, 2.75) is 32.7 Å². The maximum atomic E-state index is 11.1. The van der Waals surface area contributed by atoms with Crippen LogP contribution in [0.15, 0.2) is 12.4 Å². The summed E-state index contributed by atoms with van der Waals surface area (Å²) in [5, 5.41) is 9.13. The molecule has 2 rings (SSSR count). The number of anilines is 1. The Labute approximate surface area is 112 Å². The van der Waals surface area contributed by atoms with Gasteiger partial charge in [0, 0.05) is 12.6 Å². The van der Waals surface area contributed by atoms with Crippen molar-refractivity contribution in [3.8, 4) is 5.88 Å². The molecule has 1 aromatic heterocycles. The number of rotatable bonds is 5. The highest BCUT2D eigenvalue weighted by Gasteiger charge is 2.36. The lowest BCUT2D eigenvalue weighted by atomic mass is 10.0. The van der Waals surface area contributed by atoms with E-state index in [2.05, 4.69) is 9.97 Å². The standard InChI is InChI=1S/C13H19N3O3/c1-3-6-19-12-8-14-7-11(15-12)16-5-4-10(9(16)2)13(17)18/h7-10H,3-6H2,1-2H3,(H,17,18). The summed E-state index contributed by atoms with van der Waals surface area (Å²) in [5.41, 5.74) is 0. The molecule has 19 heavy (non-hydrogen) atoms. The van der Waals surface area contributed by atoms with Crippen molar-refractivity contribution in [3.05, 3.63) is 12.4 Å². The SMILES string of the molecule is CCCOc1cncc(N2CCC(C(=O)O)C2C)n1. The fourth-order valence-corrected chi connectivity index (χ4v) is 2.35. The van der Waals surface area contributed by atoms with Crippen molar-refractivity contribution >= 4 is 11.8 Å². The number of carboxylic acid groups (broad SMARTS) is 1. The third kappa shape index (κ3) is 2.94. The van der Waals surface area contributed by atoms with Gasteiger partial charge in [0.25, 0.3) is 0 Å². The van der Waals surface area contributed by atoms with E-state index in [1.54, 1.807) is 12.4 Å². The number of ether oxygens (including phenoxy) is 1. The molecular weight excluding hydrogens is 246 g/mol. The molecule has 0 spiro atoms. The number of hydrogen-bond acceptors (Lipinski definition) is 5. The molecule has 6 heteroatoms. The van der Waals surface area contributed by atoms with Crippen LogP contribution < -0.4 is 9.64 Å². The molecule has 1 aliphatic heterocycles. The fraction of sp³-hybridized carbons (Fsp3) is 0.615. The highest BCUT2D eigenvalue weighted by Crippen LogP contribution is 2.29. The van der Waals surface area contributed by atoms with Crippen LogP contribution in [-0.2, 0) is 4.79 Å². The summed E-state index contributed by atoms with van der Waals surface area (Å²) in [4.78, 5) is 21.6. The van der Waals surface area contributed by atoms with Gasteiger partial charge >= 0.3 is 5.97 Å². The average Bonchev–Trinajstić information content (AvgIpc) is 2.78. The minimum atomic E-state index is -0.749. The molecule has 0 amide bonds. The zero-order valence-corrected chi connectivity index (χ0v) is 11.2. The molecule has 104 valence electrons. The summed E-state index contributed by atoms with van der Waals surface area (Å²) in [6.07, 6.45) is 4.78. The van der Waals surface area contributed by atoms with Gasteiger partial charge in [0.05, 0.1) is 24.9 Å². The van der Waals surface area contributed by atoms with Gasteiger partial charge < -0.3 is 14.7 Å². The maximum absolute atomic E-state index is 11.1. The van der Waals surface area contributed by atoms with Gasteiger partial charge in [-0.1, -0.05) is 6.92 Å². The summed E-state index contributed by atoms with van der Waals surface area (Å²) < 4.78 is 5.45. The fourth-order valence-electron chi connectivity index (χ4n) is 2.35. The van der Waals surface area contributed by atoms with Gasteiger partial charge in [0.2, 0.25) is 5.88 Å². The van der Waals surface area contributed by atoms with E-state index >= 15 is 0 Å². The van der Waals surface area contributed by atoms with E-state index in [1.807, 2.05) is 18.7 Å². The zero-order chi connectivity index (χ0) is 13.8. The van der Waals surface area contributed by atoms with Crippen LogP contribution in [0.1, 0.15) is 26.7 Å². The first-order chi connectivity index (χ1) is 9.13. The van der Waals surface area contributed by atoms with E-state index in [4.69, 9.17) is 9.84 Å². The maximum Gasteiger partial charge on any atom is 0.308 e. The molecule has 2 heterocycles. The van der Waals surface area contributed by atoms with Crippen LogP contribution in [0.2, 0.25) is 0 Å². The van der Waals surface area contributed by atoms with Gasteiger partial charge in [-0.3, -0.25) is 9.78 Å². The van der Waals surface area contributed by atoms with E-state index < -0.39 is 5.97 Å². The number of carbonyl (C=O) groups is 1. The zero-order valence-electron chi connectivity index (χ0n) is 11.2. The van der Waals surface area contributed by atoms with Crippen molar-refractivity contribution in [2.75, 3.05) is 18.1 Å². The second kappa shape index (κ2) is 5.86. The second-order valence-corrected chi connectivity index (χ2v) is 4.73. The first-order valence-corrected chi connectivity index (χ1v) is 6.57. The first-order valence-electron chi connectivity index (χ1n) is 6.57. The largest absolute Gasteiger partial charge is 0.481 e. The molecule has 0 aromatic carbocycles. The van der Waals surface area contributed by atoms with Crippen molar-refractivity contribution in [2.24, 2.45) is 5.92 Å². The Kier molecular flexibility index (Phi) is 4.19. The quantitative estimate of drug-likeness (QED) is 0.870. The van der Waals surface area contributed by atoms with Crippen molar-refractivity contribution < 1.29 is 14.6 Å². The third-order valence-corrected chi connectivity index (χ3v) is 3.42. The molecular formula is C13H19N3O3. The number of nitrogens with zero attached hydrogens (tertiary/aromatic N) is 3. The summed E-state index contributed by atoms with van der Waals surface area (Å²) in [5.74, 6) is 0.0820. The summed E-state index contributed by atoms with van der Waals surface area (Å²) in [7, 11) is 0.